The summed E-state index contributed by atoms with van der Waals surface area (Å²) in [5.74, 6) is 0.670. The van der Waals surface area contributed by atoms with Gasteiger partial charge in [0, 0.05) is 10.0 Å². The monoisotopic (exact) mass is 608 g/mol. The third-order valence-electron chi connectivity index (χ3n) is 4.88. The molecule has 0 aromatic heterocycles. The van der Waals surface area contributed by atoms with Crippen molar-refractivity contribution in [1.82, 2.24) is 5.32 Å². The summed E-state index contributed by atoms with van der Waals surface area (Å²) in [4.78, 5) is 26.5. The Hall–Kier alpha value is -2.75. The molecule has 0 unspecified atom stereocenters. The zero-order chi connectivity index (χ0) is 24.2. The van der Waals surface area contributed by atoms with Crippen LogP contribution in [0.1, 0.15) is 18.1 Å². The lowest BCUT2D eigenvalue weighted by Crippen LogP contribution is -2.30. The van der Waals surface area contributed by atoms with E-state index in [0.29, 0.717) is 46.0 Å². The minimum Gasteiger partial charge on any atom is -0.490 e. The van der Waals surface area contributed by atoms with Crippen molar-refractivity contribution < 1.29 is 19.1 Å². The van der Waals surface area contributed by atoms with Gasteiger partial charge >= 0.3 is 6.03 Å². The van der Waals surface area contributed by atoms with E-state index in [2.05, 4.69) is 27.9 Å². The number of nitrogens with zero attached hydrogens (tertiary/aromatic N) is 1. The van der Waals surface area contributed by atoms with Gasteiger partial charge < -0.3 is 14.8 Å². The number of carbonyl (C=O) groups is 2. The van der Waals surface area contributed by atoms with E-state index < -0.39 is 11.9 Å². The van der Waals surface area contributed by atoms with Crippen molar-refractivity contribution in [2.45, 2.75) is 13.5 Å². The quantitative estimate of drug-likeness (QED) is 0.185. The number of halogens is 3. The van der Waals surface area contributed by atoms with Gasteiger partial charge in [0.05, 0.1) is 15.9 Å². The maximum atomic E-state index is 12.9. The highest BCUT2D eigenvalue weighted by Gasteiger charge is 2.35. The predicted molar refractivity (Wildman–Crippen MR) is 142 cm³/mol. The smallest absolute Gasteiger partial charge is 0.333 e. The first-order chi connectivity index (χ1) is 16.4. The number of imide groups is 1. The molecule has 0 atom stereocenters. The molecule has 4 rings (SSSR count). The van der Waals surface area contributed by atoms with Crippen LogP contribution in [0, 0.1) is 3.57 Å². The summed E-state index contributed by atoms with van der Waals surface area (Å²) in [6.45, 7) is 2.66. The summed E-state index contributed by atoms with van der Waals surface area (Å²) in [5.41, 5.74) is 2.20. The molecule has 1 aliphatic heterocycles. The highest BCUT2D eigenvalue weighted by atomic mass is 127. The van der Waals surface area contributed by atoms with E-state index in [1.165, 1.54) is 0 Å². The summed E-state index contributed by atoms with van der Waals surface area (Å²) < 4.78 is 12.6. The lowest BCUT2D eigenvalue weighted by Gasteiger charge is -2.15. The van der Waals surface area contributed by atoms with Crippen LogP contribution in [-0.2, 0) is 11.4 Å². The number of urea groups is 1. The number of ether oxygens (including phenoxy) is 2. The molecular formula is C25H19Cl2IN2O4. The summed E-state index contributed by atoms with van der Waals surface area (Å²) in [7, 11) is 0. The molecule has 3 aromatic carbocycles. The molecule has 6 nitrogen and oxygen atoms in total. The van der Waals surface area contributed by atoms with Crippen molar-refractivity contribution in [3.8, 4) is 11.5 Å². The fraction of sp³-hybridized carbons (Fsp3) is 0.120. The lowest BCUT2D eigenvalue weighted by atomic mass is 10.1. The zero-order valence-corrected chi connectivity index (χ0v) is 21.6. The van der Waals surface area contributed by atoms with Gasteiger partial charge in [-0.15, -0.1) is 0 Å². The molecule has 34 heavy (non-hydrogen) atoms. The topological polar surface area (TPSA) is 67.9 Å². The van der Waals surface area contributed by atoms with Gasteiger partial charge in [0.2, 0.25) is 0 Å². The number of rotatable bonds is 7. The van der Waals surface area contributed by atoms with E-state index >= 15 is 0 Å². The van der Waals surface area contributed by atoms with Gasteiger partial charge in [0.1, 0.15) is 12.3 Å². The summed E-state index contributed by atoms with van der Waals surface area (Å²) in [5, 5.41) is 3.72. The van der Waals surface area contributed by atoms with Crippen LogP contribution in [0.2, 0.25) is 10.0 Å². The second-order valence-electron chi connectivity index (χ2n) is 7.29. The fourth-order valence-corrected chi connectivity index (χ4v) is 4.45. The van der Waals surface area contributed by atoms with Crippen molar-refractivity contribution in [2.75, 3.05) is 11.5 Å². The maximum Gasteiger partial charge on any atom is 0.333 e. The Morgan fingerprint density at radius 2 is 1.76 bits per heavy atom. The molecule has 1 fully saturated rings. The first kappa shape index (κ1) is 24.4. The van der Waals surface area contributed by atoms with E-state index in [9.17, 15) is 9.59 Å². The Labute approximate surface area is 220 Å². The first-order valence-corrected chi connectivity index (χ1v) is 12.2. The molecule has 3 aromatic rings. The van der Waals surface area contributed by atoms with Crippen molar-refractivity contribution in [3.05, 3.63) is 91.1 Å². The van der Waals surface area contributed by atoms with Crippen LogP contribution >= 0.6 is 45.8 Å². The number of nitrogens with one attached hydrogen (secondary N) is 1. The molecule has 9 heteroatoms. The summed E-state index contributed by atoms with van der Waals surface area (Å²) in [6, 6.07) is 17.1. The minimum atomic E-state index is -0.541. The molecule has 0 saturated carbocycles. The maximum absolute atomic E-state index is 12.9. The van der Waals surface area contributed by atoms with Gasteiger partial charge in [0.15, 0.2) is 11.5 Å². The first-order valence-electron chi connectivity index (χ1n) is 10.3. The van der Waals surface area contributed by atoms with Crippen LogP contribution in [0.5, 0.6) is 11.5 Å². The molecule has 1 saturated heterocycles. The van der Waals surface area contributed by atoms with Gasteiger partial charge in [0.25, 0.3) is 5.91 Å². The van der Waals surface area contributed by atoms with Crippen molar-refractivity contribution in [2.24, 2.45) is 0 Å². The molecular weight excluding hydrogens is 590 g/mol. The standard InChI is InChI=1S/C25H19Cl2IN2O4/c1-2-33-22-12-16(10-20(28)23(22)34-14-15-6-8-17(26)9-7-15)11-21-24(31)30(25(32)29-21)19-5-3-4-18(27)13-19/h3-13H,2,14H2,1H3,(H,29,32)/b21-11+. The van der Waals surface area contributed by atoms with Gasteiger partial charge in [-0.3, -0.25) is 4.79 Å². The lowest BCUT2D eigenvalue weighted by molar-refractivity contribution is -0.113. The number of anilines is 1. The van der Waals surface area contributed by atoms with Gasteiger partial charge in [-0.1, -0.05) is 41.4 Å². The normalized spacial score (nSPS) is 14.5. The third-order valence-corrected chi connectivity index (χ3v) is 6.17. The highest BCUT2D eigenvalue weighted by Crippen LogP contribution is 2.36. The van der Waals surface area contributed by atoms with Gasteiger partial charge in [-0.25, -0.2) is 9.69 Å². The average Bonchev–Trinajstić information content (AvgIpc) is 3.07. The van der Waals surface area contributed by atoms with Crippen molar-refractivity contribution >= 4 is 69.5 Å². The Morgan fingerprint density at radius 3 is 2.47 bits per heavy atom. The number of carbonyl (C=O) groups excluding carboxylic acids is 2. The Balaban J connectivity index is 1.60. The minimum absolute atomic E-state index is 0.151. The summed E-state index contributed by atoms with van der Waals surface area (Å²) in [6.07, 6.45) is 1.61. The third kappa shape index (κ3) is 5.48. The molecule has 0 radical (unpaired) electrons. The number of amides is 3. The average molecular weight is 609 g/mol. The molecule has 1 N–H and O–H groups in total. The molecule has 1 aliphatic rings. The zero-order valence-electron chi connectivity index (χ0n) is 18.0. The molecule has 1 heterocycles. The SMILES string of the molecule is CCOc1cc(/C=C2/NC(=O)N(c3cccc(Cl)c3)C2=O)cc(I)c1OCc1ccc(Cl)cc1. The second-order valence-corrected chi connectivity index (χ2v) is 9.32. The van der Waals surface area contributed by atoms with E-state index in [4.69, 9.17) is 32.7 Å². The number of hydrogen-bond donors (Lipinski definition) is 1. The van der Waals surface area contributed by atoms with E-state index in [1.807, 2.05) is 37.3 Å². The van der Waals surface area contributed by atoms with Crippen LogP contribution in [0.15, 0.2) is 66.4 Å². The summed E-state index contributed by atoms with van der Waals surface area (Å²) >= 11 is 14.1. The second kappa shape index (κ2) is 10.7. The molecule has 174 valence electrons. The van der Waals surface area contributed by atoms with Crippen LogP contribution in [0.3, 0.4) is 0 Å². The largest absolute Gasteiger partial charge is 0.490 e. The van der Waals surface area contributed by atoms with E-state index in [-0.39, 0.29) is 5.70 Å². The van der Waals surface area contributed by atoms with Crippen LogP contribution in [-0.4, -0.2) is 18.5 Å². The van der Waals surface area contributed by atoms with Crippen LogP contribution in [0.4, 0.5) is 10.5 Å². The van der Waals surface area contributed by atoms with Crippen molar-refractivity contribution in [3.63, 3.8) is 0 Å². The predicted octanol–water partition coefficient (Wildman–Crippen LogP) is 6.67. The van der Waals surface area contributed by atoms with Crippen LogP contribution < -0.4 is 19.7 Å². The fourth-order valence-electron chi connectivity index (χ4n) is 3.36. The van der Waals surface area contributed by atoms with Gasteiger partial charge in [-0.2, -0.15) is 0 Å². The molecule has 0 spiro atoms. The Kier molecular flexibility index (Phi) is 7.65. The van der Waals surface area contributed by atoms with Crippen LogP contribution in [0.25, 0.3) is 6.08 Å². The Bertz CT molecular complexity index is 1280. The van der Waals surface area contributed by atoms with Gasteiger partial charge in [-0.05, 0) is 89.2 Å². The van der Waals surface area contributed by atoms with Crippen molar-refractivity contribution in [1.29, 1.82) is 0 Å². The number of hydrogen-bond acceptors (Lipinski definition) is 4. The van der Waals surface area contributed by atoms with E-state index in [1.54, 1.807) is 36.4 Å². The number of benzene rings is 3. The Morgan fingerprint density at radius 1 is 1.00 bits per heavy atom. The molecule has 0 bridgehead atoms. The highest BCUT2D eigenvalue weighted by molar-refractivity contribution is 14.1. The van der Waals surface area contributed by atoms with E-state index in [0.717, 1.165) is 14.0 Å². The molecule has 0 aliphatic carbocycles. The molecule has 3 amide bonds.